The summed E-state index contributed by atoms with van der Waals surface area (Å²) in [7, 11) is 0. The number of fused-ring (bicyclic) bond motifs is 1. The minimum absolute atomic E-state index is 0.142. The van der Waals surface area contributed by atoms with Crippen molar-refractivity contribution in [2.24, 2.45) is 0 Å². The van der Waals surface area contributed by atoms with Crippen LogP contribution in [0.15, 0.2) is 66.1 Å². The first-order valence-corrected chi connectivity index (χ1v) is 11.2. The van der Waals surface area contributed by atoms with E-state index >= 15 is 0 Å². The lowest BCUT2D eigenvalue weighted by Gasteiger charge is -2.29. The van der Waals surface area contributed by atoms with E-state index < -0.39 is 0 Å². The summed E-state index contributed by atoms with van der Waals surface area (Å²) in [5, 5.41) is 14.3. The Labute approximate surface area is 191 Å². The van der Waals surface area contributed by atoms with Gasteiger partial charge in [0.2, 0.25) is 0 Å². The Morgan fingerprint density at radius 2 is 1.85 bits per heavy atom. The number of aliphatic hydroxyl groups excluding tert-OH is 1. The van der Waals surface area contributed by atoms with Gasteiger partial charge in [0.05, 0.1) is 17.2 Å². The number of aromatic amines is 1. The quantitative estimate of drug-likeness (QED) is 0.421. The van der Waals surface area contributed by atoms with Crippen LogP contribution in [0.2, 0.25) is 0 Å². The number of benzene rings is 1. The third-order valence-electron chi connectivity index (χ3n) is 6.10. The Bertz CT molecular complexity index is 1280. The molecule has 4 aromatic rings. The molecule has 1 aromatic carbocycles. The predicted octanol–water partition coefficient (Wildman–Crippen LogP) is 3.12. The highest BCUT2D eigenvalue weighted by Crippen LogP contribution is 2.27. The van der Waals surface area contributed by atoms with Gasteiger partial charge in [0, 0.05) is 49.5 Å². The SMILES string of the molecule is O=c1[nH]ccc2cc(-c3cncnc3)nc(Nc3ccc(CCN4CCC(O)CC4)cc3)c12. The molecule has 0 saturated carbocycles. The van der Waals surface area contributed by atoms with E-state index in [0.29, 0.717) is 16.9 Å². The highest BCUT2D eigenvalue weighted by Gasteiger charge is 2.16. The summed E-state index contributed by atoms with van der Waals surface area (Å²) in [4.78, 5) is 30.6. The number of anilines is 2. The van der Waals surface area contributed by atoms with Gasteiger partial charge in [-0.15, -0.1) is 0 Å². The van der Waals surface area contributed by atoms with Gasteiger partial charge >= 0.3 is 0 Å². The Morgan fingerprint density at radius 3 is 2.61 bits per heavy atom. The smallest absolute Gasteiger partial charge is 0.259 e. The molecule has 5 rings (SSSR count). The van der Waals surface area contributed by atoms with Gasteiger partial charge in [0.1, 0.15) is 12.1 Å². The van der Waals surface area contributed by atoms with Crippen LogP contribution in [0.25, 0.3) is 22.0 Å². The third-order valence-corrected chi connectivity index (χ3v) is 6.10. The molecule has 1 fully saturated rings. The standard InChI is InChI=1S/C25H26N6O2/c32-21-7-11-31(12-8-21)10-6-17-1-3-20(4-2-17)29-24-23-18(5-9-28-25(23)33)13-22(30-24)19-14-26-16-27-15-19/h1-5,9,13-16,21,32H,6-8,10-12H2,(H,28,33)(H,29,30). The van der Waals surface area contributed by atoms with E-state index in [4.69, 9.17) is 4.98 Å². The van der Waals surface area contributed by atoms with E-state index in [2.05, 4.69) is 37.3 Å². The highest BCUT2D eigenvalue weighted by atomic mass is 16.3. The number of piperidine rings is 1. The lowest BCUT2D eigenvalue weighted by molar-refractivity contribution is 0.0832. The summed E-state index contributed by atoms with van der Waals surface area (Å²) >= 11 is 0. The fourth-order valence-corrected chi connectivity index (χ4v) is 4.21. The Balaban J connectivity index is 1.36. The zero-order valence-corrected chi connectivity index (χ0v) is 18.2. The first-order valence-electron chi connectivity index (χ1n) is 11.2. The molecule has 0 amide bonds. The van der Waals surface area contributed by atoms with E-state index in [0.717, 1.165) is 55.5 Å². The van der Waals surface area contributed by atoms with Crippen molar-refractivity contribution < 1.29 is 5.11 Å². The van der Waals surface area contributed by atoms with Crippen LogP contribution in [0.5, 0.6) is 0 Å². The number of hydrogen-bond donors (Lipinski definition) is 3. The van der Waals surface area contributed by atoms with Gasteiger partial charge in [0.25, 0.3) is 5.56 Å². The van der Waals surface area contributed by atoms with Crippen molar-refractivity contribution in [3.05, 3.63) is 77.2 Å². The lowest BCUT2D eigenvalue weighted by Crippen LogP contribution is -2.37. The second-order valence-electron chi connectivity index (χ2n) is 8.40. The molecule has 0 atom stereocenters. The molecule has 3 aromatic heterocycles. The maximum atomic E-state index is 12.6. The van der Waals surface area contributed by atoms with E-state index in [1.807, 2.05) is 24.3 Å². The van der Waals surface area contributed by atoms with Crippen molar-refractivity contribution in [3.63, 3.8) is 0 Å². The fraction of sp³-hybridized carbons (Fsp3) is 0.280. The average molecular weight is 443 g/mol. The number of nitrogens with zero attached hydrogens (tertiary/aromatic N) is 4. The van der Waals surface area contributed by atoms with Crippen LogP contribution >= 0.6 is 0 Å². The Morgan fingerprint density at radius 1 is 1.09 bits per heavy atom. The molecule has 4 heterocycles. The van der Waals surface area contributed by atoms with Gasteiger partial charge in [-0.3, -0.25) is 4.79 Å². The minimum Gasteiger partial charge on any atom is -0.393 e. The topological polar surface area (TPSA) is 107 Å². The van der Waals surface area contributed by atoms with Crippen molar-refractivity contribution in [3.8, 4) is 11.3 Å². The van der Waals surface area contributed by atoms with E-state index in [1.165, 1.54) is 11.9 Å². The number of likely N-dealkylation sites (tertiary alicyclic amines) is 1. The van der Waals surface area contributed by atoms with E-state index in [-0.39, 0.29) is 11.7 Å². The molecule has 1 saturated heterocycles. The van der Waals surface area contributed by atoms with Crippen LogP contribution < -0.4 is 10.9 Å². The van der Waals surface area contributed by atoms with Gasteiger partial charge in [0.15, 0.2) is 0 Å². The van der Waals surface area contributed by atoms with Gasteiger partial charge in [-0.05, 0) is 54.5 Å². The van der Waals surface area contributed by atoms with Crippen molar-refractivity contribution in [2.75, 3.05) is 25.0 Å². The molecule has 8 nitrogen and oxygen atoms in total. The van der Waals surface area contributed by atoms with Crippen molar-refractivity contribution in [2.45, 2.75) is 25.4 Å². The van der Waals surface area contributed by atoms with E-state index in [1.54, 1.807) is 18.6 Å². The number of nitrogens with one attached hydrogen (secondary N) is 2. The van der Waals surface area contributed by atoms with Crippen molar-refractivity contribution in [1.82, 2.24) is 24.8 Å². The van der Waals surface area contributed by atoms with Crippen molar-refractivity contribution in [1.29, 1.82) is 0 Å². The summed E-state index contributed by atoms with van der Waals surface area (Å²) in [5.74, 6) is 0.493. The first kappa shape index (κ1) is 21.2. The van der Waals surface area contributed by atoms with Crippen LogP contribution in [0.1, 0.15) is 18.4 Å². The number of aliphatic hydroxyl groups is 1. The summed E-state index contributed by atoms with van der Waals surface area (Å²) < 4.78 is 0. The first-order chi connectivity index (χ1) is 16.2. The summed E-state index contributed by atoms with van der Waals surface area (Å²) in [6.07, 6.45) is 9.06. The van der Waals surface area contributed by atoms with Crippen molar-refractivity contribution >= 4 is 22.3 Å². The second-order valence-corrected chi connectivity index (χ2v) is 8.40. The number of H-pyrrole nitrogens is 1. The number of hydrogen-bond acceptors (Lipinski definition) is 7. The predicted molar refractivity (Wildman–Crippen MR) is 128 cm³/mol. The van der Waals surface area contributed by atoms with Gasteiger partial charge < -0.3 is 20.3 Å². The molecule has 8 heteroatoms. The zero-order valence-electron chi connectivity index (χ0n) is 18.2. The largest absolute Gasteiger partial charge is 0.393 e. The second kappa shape index (κ2) is 9.48. The summed E-state index contributed by atoms with van der Waals surface area (Å²) in [6.45, 7) is 2.90. The number of rotatable bonds is 6. The maximum Gasteiger partial charge on any atom is 0.259 e. The van der Waals surface area contributed by atoms with Crippen LogP contribution in [0.3, 0.4) is 0 Å². The molecule has 0 spiro atoms. The van der Waals surface area contributed by atoms with E-state index in [9.17, 15) is 9.90 Å². The molecule has 1 aliphatic rings. The molecular formula is C25H26N6O2. The Hall–Kier alpha value is -3.62. The minimum atomic E-state index is -0.193. The number of aromatic nitrogens is 4. The number of pyridine rings is 2. The molecule has 168 valence electrons. The fourth-order valence-electron chi connectivity index (χ4n) is 4.21. The van der Waals surface area contributed by atoms with Gasteiger partial charge in [-0.1, -0.05) is 12.1 Å². The molecule has 0 radical (unpaired) electrons. The van der Waals surface area contributed by atoms with Crippen LogP contribution in [0, 0.1) is 0 Å². The molecule has 0 unspecified atom stereocenters. The monoisotopic (exact) mass is 442 g/mol. The molecule has 1 aliphatic heterocycles. The van der Waals surface area contributed by atoms with Crippen LogP contribution in [-0.4, -0.2) is 55.7 Å². The van der Waals surface area contributed by atoms with Crippen LogP contribution in [0.4, 0.5) is 11.5 Å². The summed E-state index contributed by atoms with van der Waals surface area (Å²) in [5.41, 5.74) is 3.39. The van der Waals surface area contributed by atoms with Gasteiger partial charge in [-0.2, -0.15) is 0 Å². The van der Waals surface area contributed by atoms with Gasteiger partial charge in [-0.25, -0.2) is 15.0 Å². The molecular weight excluding hydrogens is 416 g/mol. The summed E-state index contributed by atoms with van der Waals surface area (Å²) in [6, 6.07) is 12.0. The Kier molecular flexibility index (Phi) is 6.10. The zero-order chi connectivity index (χ0) is 22.6. The highest BCUT2D eigenvalue weighted by molar-refractivity contribution is 5.95. The molecule has 0 aliphatic carbocycles. The lowest BCUT2D eigenvalue weighted by atomic mass is 10.1. The van der Waals surface area contributed by atoms with Crippen LogP contribution in [-0.2, 0) is 6.42 Å². The third kappa shape index (κ3) is 4.92. The normalized spacial score (nSPS) is 15.1. The average Bonchev–Trinajstić information content (AvgIpc) is 2.85. The molecule has 3 N–H and O–H groups in total. The molecule has 0 bridgehead atoms. The molecule has 33 heavy (non-hydrogen) atoms. The maximum absolute atomic E-state index is 12.6.